The van der Waals surface area contributed by atoms with Gasteiger partial charge in [-0.2, -0.15) is 0 Å². The molecule has 0 saturated carbocycles. The van der Waals surface area contributed by atoms with E-state index < -0.39 is 0 Å². The lowest BCUT2D eigenvalue weighted by Crippen LogP contribution is -2.12. The van der Waals surface area contributed by atoms with Crippen LogP contribution in [0.1, 0.15) is 44.4 Å². The van der Waals surface area contributed by atoms with E-state index in [1.807, 2.05) is 6.26 Å². The van der Waals surface area contributed by atoms with E-state index in [0.29, 0.717) is 0 Å². The zero-order chi connectivity index (χ0) is 9.42. The van der Waals surface area contributed by atoms with E-state index in [1.54, 1.807) is 0 Å². The fraction of sp³-hybridized carbons (Fsp3) is 0.667. The molecular weight excluding hydrogens is 160 g/mol. The van der Waals surface area contributed by atoms with Crippen LogP contribution in [0, 0.1) is 11.8 Å². The average molecular weight is 178 g/mol. The topological polar surface area (TPSA) is 13.1 Å². The molecule has 1 heteroatoms. The molecule has 1 aromatic rings. The molecule has 1 aliphatic carbocycles. The molecule has 2 atom stereocenters. The Kier molecular flexibility index (Phi) is 2.19. The van der Waals surface area contributed by atoms with Gasteiger partial charge in [-0.15, -0.1) is 0 Å². The van der Waals surface area contributed by atoms with Crippen molar-refractivity contribution in [3.8, 4) is 0 Å². The van der Waals surface area contributed by atoms with Gasteiger partial charge in [0.1, 0.15) is 5.76 Å². The van der Waals surface area contributed by atoms with Crippen molar-refractivity contribution in [3.05, 3.63) is 23.7 Å². The summed E-state index contributed by atoms with van der Waals surface area (Å²) in [6.07, 6.45) is 4.26. The Morgan fingerprint density at radius 3 is 2.92 bits per heavy atom. The molecule has 1 aliphatic rings. The molecule has 1 aromatic heterocycles. The van der Waals surface area contributed by atoms with Gasteiger partial charge in [-0.1, -0.05) is 27.2 Å². The van der Waals surface area contributed by atoms with E-state index in [0.717, 1.165) is 24.2 Å². The third-order valence-electron chi connectivity index (χ3n) is 3.34. The molecule has 2 rings (SSSR count). The SMILES string of the molecule is CCC1Cc2occc2C1C(C)C. The lowest BCUT2D eigenvalue weighted by Gasteiger charge is -2.22. The maximum atomic E-state index is 5.49. The Labute approximate surface area is 80.1 Å². The van der Waals surface area contributed by atoms with Crippen LogP contribution in [-0.2, 0) is 6.42 Å². The average Bonchev–Trinajstić information content (AvgIpc) is 2.59. The van der Waals surface area contributed by atoms with Gasteiger partial charge in [0.25, 0.3) is 0 Å². The van der Waals surface area contributed by atoms with Gasteiger partial charge in [0.05, 0.1) is 6.26 Å². The molecule has 2 unspecified atom stereocenters. The van der Waals surface area contributed by atoms with Crippen LogP contribution in [-0.4, -0.2) is 0 Å². The number of hydrogen-bond donors (Lipinski definition) is 0. The second-order valence-corrected chi connectivity index (χ2v) is 4.44. The maximum absolute atomic E-state index is 5.49. The molecule has 13 heavy (non-hydrogen) atoms. The second kappa shape index (κ2) is 3.21. The summed E-state index contributed by atoms with van der Waals surface area (Å²) in [6, 6.07) is 2.16. The molecule has 72 valence electrons. The summed E-state index contributed by atoms with van der Waals surface area (Å²) in [6.45, 7) is 6.91. The number of hydrogen-bond acceptors (Lipinski definition) is 1. The van der Waals surface area contributed by atoms with Crippen LogP contribution in [0.25, 0.3) is 0 Å². The molecule has 0 aliphatic heterocycles. The second-order valence-electron chi connectivity index (χ2n) is 4.44. The van der Waals surface area contributed by atoms with Crippen molar-refractivity contribution in [3.63, 3.8) is 0 Å². The maximum Gasteiger partial charge on any atom is 0.107 e. The van der Waals surface area contributed by atoms with Crippen LogP contribution in [0.15, 0.2) is 16.7 Å². The standard InChI is InChI=1S/C12H18O/c1-4-9-7-11-10(5-6-13-11)12(9)8(2)3/h5-6,8-9,12H,4,7H2,1-3H3. The summed E-state index contributed by atoms with van der Waals surface area (Å²) in [7, 11) is 0. The minimum Gasteiger partial charge on any atom is -0.469 e. The molecule has 0 amide bonds. The Bertz CT molecular complexity index is 285. The fourth-order valence-corrected chi connectivity index (χ4v) is 2.73. The Balaban J connectivity index is 2.31. The number of fused-ring (bicyclic) bond motifs is 1. The van der Waals surface area contributed by atoms with E-state index in [1.165, 1.54) is 17.7 Å². The molecule has 1 nitrogen and oxygen atoms in total. The monoisotopic (exact) mass is 178 g/mol. The first-order chi connectivity index (χ1) is 6.24. The van der Waals surface area contributed by atoms with E-state index in [9.17, 15) is 0 Å². The highest BCUT2D eigenvalue weighted by atomic mass is 16.3. The Morgan fingerprint density at radius 1 is 1.54 bits per heavy atom. The van der Waals surface area contributed by atoms with Gasteiger partial charge in [0.15, 0.2) is 0 Å². The van der Waals surface area contributed by atoms with Gasteiger partial charge >= 0.3 is 0 Å². The summed E-state index contributed by atoms with van der Waals surface area (Å²) in [4.78, 5) is 0. The van der Waals surface area contributed by atoms with Gasteiger partial charge < -0.3 is 4.42 Å². The first-order valence-corrected chi connectivity index (χ1v) is 5.30. The molecule has 0 fully saturated rings. The van der Waals surface area contributed by atoms with Crippen LogP contribution < -0.4 is 0 Å². The lowest BCUT2D eigenvalue weighted by molar-refractivity contribution is 0.350. The van der Waals surface area contributed by atoms with Gasteiger partial charge in [-0.25, -0.2) is 0 Å². The first kappa shape index (κ1) is 8.86. The van der Waals surface area contributed by atoms with Crippen LogP contribution in [0.3, 0.4) is 0 Å². The first-order valence-electron chi connectivity index (χ1n) is 5.30. The summed E-state index contributed by atoms with van der Waals surface area (Å²) in [5.74, 6) is 3.53. The zero-order valence-corrected chi connectivity index (χ0v) is 8.71. The molecule has 0 spiro atoms. The highest BCUT2D eigenvalue weighted by Gasteiger charge is 2.35. The van der Waals surface area contributed by atoms with Crippen LogP contribution >= 0.6 is 0 Å². The van der Waals surface area contributed by atoms with Gasteiger partial charge in [0.2, 0.25) is 0 Å². The number of rotatable bonds is 2. The minimum atomic E-state index is 0.735. The third kappa shape index (κ3) is 1.31. The smallest absolute Gasteiger partial charge is 0.107 e. The molecule has 0 radical (unpaired) electrons. The van der Waals surface area contributed by atoms with E-state index in [-0.39, 0.29) is 0 Å². The predicted octanol–water partition coefficient (Wildman–Crippen LogP) is 3.60. The lowest BCUT2D eigenvalue weighted by atomic mass is 9.82. The number of furan rings is 1. The quantitative estimate of drug-likeness (QED) is 0.674. The fourth-order valence-electron chi connectivity index (χ4n) is 2.73. The molecule has 0 aromatic carbocycles. The van der Waals surface area contributed by atoms with Crippen LogP contribution in [0.5, 0.6) is 0 Å². The van der Waals surface area contributed by atoms with Crippen molar-refractivity contribution in [1.29, 1.82) is 0 Å². The summed E-state index contributed by atoms with van der Waals surface area (Å²) in [5, 5.41) is 0. The van der Waals surface area contributed by atoms with E-state index in [2.05, 4.69) is 26.8 Å². The van der Waals surface area contributed by atoms with Gasteiger partial charge in [-0.3, -0.25) is 0 Å². The Morgan fingerprint density at radius 2 is 2.31 bits per heavy atom. The van der Waals surface area contributed by atoms with Crippen molar-refractivity contribution >= 4 is 0 Å². The summed E-state index contributed by atoms with van der Waals surface area (Å²) in [5.41, 5.74) is 1.47. The molecule has 0 saturated heterocycles. The normalized spacial score (nSPS) is 26.8. The molecule has 0 bridgehead atoms. The van der Waals surface area contributed by atoms with Gasteiger partial charge in [-0.05, 0) is 29.4 Å². The van der Waals surface area contributed by atoms with E-state index >= 15 is 0 Å². The van der Waals surface area contributed by atoms with E-state index in [4.69, 9.17) is 4.42 Å². The van der Waals surface area contributed by atoms with Crippen molar-refractivity contribution in [2.75, 3.05) is 0 Å². The Hall–Kier alpha value is -0.720. The molecule has 1 heterocycles. The van der Waals surface area contributed by atoms with Crippen molar-refractivity contribution < 1.29 is 4.42 Å². The van der Waals surface area contributed by atoms with Gasteiger partial charge in [0, 0.05) is 6.42 Å². The largest absolute Gasteiger partial charge is 0.469 e. The summed E-state index contributed by atoms with van der Waals surface area (Å²) < 4.78 is 5.49. The van der Waals surface area contributed by atoms with Crippen molar-refractivity contribution in [1.82, 2.24) is 0 Å². The minimum absolute atomic E-state index is 0.735. The summed E-state index contributed by atoms with van der Waals surface area (Å²) >= 11 is 0. The molecular formula is C12H18O. The van der Waals surface area contributed by atoms with Crippen molar-refractivity contribution in [2.45, 2.75) is 39.5 Å². The molecule has 0 N–H and O–H groups in total. The van der Waals surface area contributed by atoms with Crippen molar-refractivity contribution in [2.24, 2.45) is 11.8 Å². The highest BCUT2D eigenvalue weighted by Crippen LogP contribution is 2.44. The predicted molar refractivity (Wildman–Crippen MR) is 53.8 cm³/mol. The van der Waals surface area contributed by atoms with Crippen LogP contribution in [0.2, 0.25) is 0 Å². The zero-order valence-electron chi connectivity index (χ0n) is 8.71. The third-order valence-corrected chi connectivity index (χ3v) is 3.34. The van der Waals surface area contributed by atoms with Crippen LogP contribution in [0.4, 0.5) is 0 Å². The highest BCUT2D eigenvalue weighted by molar-refractivity contribution is 5.29.